The third kappa shape index (κ3) is 1.66. The molecular weight excluding hydrogens is 244 g/mol. The summed E-state index contributed by atoms with van der Waals surface area (Å²) in [5, 5.41) is 14.7. The molecule has 1 N–H and O–H groups in total. The molecular formula is C19H18O. The van der Waals surface area contributed by atoms with Crippen LogP contribution in [0.4, 0.5) is 0 Å². The number of benzene rings is 3. The molecule has 0 saturated carbocycles. The maximum atomic E-state index is 9.50. The van der Waals surface area contributed by atoms with Crippen molar-refractivity contribution >= 4 is 21.5 Å². The lowest BCUT2D eigenvalue weighted by Gasteiger charge is -2.19. The van der Waals surface area contributed by atoms with Crippen LogP contribution in [0.25, 0.3) is 21.5 Å². The summed E-state index contributed by atoms with van der Waals surface area (Å²) < 4.78 is 0. The van der Waals surface area contributed by atoms with E-state index in [0.29, 0.717) is 0 Å². The summed E-state index contributed by atoms with van der Waals surface area (Å²) in [5.74, 6) is 0. The first kappa shape index (κ1) is 11.9. The van der Waals surface area contributed by atoms with Crippen molar-refractivity contribution in [3.63, 3.8) is 0 Å². The zero-order valence-corrected chi connectivity index (χ0v) is 11.5. The van der Waals surface area contributed by atoms with Crippen molar-refractivity contribution in [1.29, 1.82) is 0 Å². The zero-order valence-electron chi connectivity index (χ0n) is 11.5. The molecule has 0 bridgehead atoms. The number of rotatable bonds is 1. The van der Waals surface area contributed by atoms with E-state index in [2.05, 4.69) is 30.3 Å². The maximum absolute atomic E-state index is 9.50. The van der Waals surface area contributed by atoms with Crippen LogP contribution in [0.2, 0.25) is 0 Å². The van der Waals surface area contributed by atoms with Gasteiger partial charge in [0.1, 0.15) is 0 Å². The number of aliphatic hydroxyl groups is 1. The molecule has 1 nitrogen and oxygen atoms in total. The molecule has 0 spiro atoms. The van der Waals surface area contributed by atoms with E-state index in [-0.39, 0.29) is 6.61 Å². The van der Waals surface area contributed by atoms with Crippen LogP contribution in [-0.4, -0.2) is 5.11 Å². The summed E-state index contributed by atoms with van der Waals surface area (Å²) in [6.45, 7) is 0.105. The van der Waals surface area contributed by atoms with Crippen molar-refractivity contribution in [3.05, 3.63) is 59.2 Å². The van der Waals surface area contributed by atoms with Gasteiger partial charge < -0.3 is 5.11 Å². The molecule has 0 heterocycles. The summed E-state index contributed by atoms with van der Waals surface area (Å²) in [7, 11) is 0. The van der Waals surface area contributed by atoms with Gasteiger partial charge in [-0.05, 0) is 63.9 Å². The number of aryl methyl sites for hydroxylation is 2. The molecule has 1 aliphatic rings. The second-order valence-corrected chi connectivity index (χ2v) is 5.74. The smallest absolute Gasteiger partial charge is 0.0687 e. The third-order valence-electron chi connectivity index (χ3n) is 4.65. The molecule has 0 aliphatic heterocycles. The van der Waals surface area contributed by atoms with Gasteiger partial charge >= 0.3 is 0 Å². The predicted octanol–water partition coefficient (Wildman–Crippen LogP) is 4.36. The minimum atomic E-state index is 0.105. The van der Waals surface area contributed by atoms with Crippen LogP contribution in [0, 0.1) is 0 Å². The summed E-state index contributed by atoms with van der Waals surface area (Å²) in [6, 6.07) is 15.2. The molecule has 1 heteroatoms. The highest BCUT2D eigenvalue weighted by molar-refractivity contribution is 6.09. The van der Waals surface area contributed by atoms with Gasteiger partial charge in [-0.1, -0.05) is 42.5 Å². The van der Waals surface area contributed by atoms with Crippen molar-refractivity contribution in [2.24, 2.45) is 0 Å². The second-order valence-electron chi connectivity index (χ2n) is 5.74. The van der Waals surface area contributed by atoms with E-state index < -0.39 is 0 Å². The maximum Gasteiger partial charge on any atom is 0.0687 e. The highest BCUT2D eigenvalue weighted by Gasteiger charge is 2.13. The highest BCUT2D eigenvalue weighted by atomic mass is 16.3. The quantitative estimate of drug-likeness (QED) is 0.646. The molecule has 3 aromatic carbocycles. The molecule has 0 saturated heterocycles. The average molecular weight is 262 g/mol. The Kier molecular flexibility index (Phi) is 2.75. The minimum Gasteiger partial charge on any atom is -0.392 e. The first-order chi connectivity index (χ1) is 9.88. The van der Waals surface area contributed by atoms with Gasteiger partial charge in [0.15, 0.2) is 0 Å². The standard InChI is InChI=1S/C19H18O/c20-12-14-5-3-7-17-16(14)10-11-18-15-6-2-1-4-13(15)8-9-19(17)18/h3,5,7-11,20H,1-2,4,6,12H2. The Labute approximate surface area is 118 Å². The summed E-state index contributed by atoms with van der Waals surface area (Å²) in [6.07, 6.45) is 5.05. The van der Waals surface area contributed by atoms with E-state index in [0.717, 1.165) is 5.56 Å². The normalized spacial score (nSPS) is 14.7. The number of hydrogen-bond donors (Lipinski definition) is 1. The van der Waals surface area contributed by atoms with Gasteiger partial charge in [-0.25, -0.2) is 0 Å². The Morgan fingerprint density at radius 2 is 1.50 bits per heavy atom. The SMILES string of the molecule is OCc1cccc2c1ccc1c3c(ccc12)CCCC3. The van der Waals surface area contributed by atoms with Gasteiger partial charge in [-0.3, -0.25) is 0 Å². The van der Waals surface area contributed by atoms with Crippen molar-refractivity contribution < 1.29 is 5.11 Å². The molecule has 0 unspecified atom stereocenters. The topological polar surface area (TPSA) is 20.2 Å². The lowest BCUT2D eigenvalue weighted by molar-refractivity contribution is 0.283. The summed E-state index contributed by atoms with van der Waals surface area (Å²) in [4.78, 5) is 0. The summed E-state index contributed by atoms with van der Waals surface area (Å²) in [5.41, 5.74) is 4.09. The zero-order chi connectivity index (χ0) is 13.5. The minimum absolute atomic E-state index is 0.105. The highest BCUT2D eigenvalue weighted by Crippen LogP contribution is 2.34. The van der Waals surface area contributed by atoms with Crippen LogP contribution < -0.4 is 0 Å². The van der Waals surface area contributed by atoms with E-state index in [1.807, 2.05) is 12.1 Å². The fraction of sp³-hybridized carbons (Fsp3) is 0.263. The molecule has 0 radical (unpaired) electrons. The van der Waals surface area contributed by atoms with E-state index >= 15 is 0 Å². The van der Waals surface area contributed by atoms with Gasteiger partial charge in [-0.15, -0.1) is 0 Å². The van der Waals surface area contributed by atoms with E-state index in [9.17, 15) is 5.11 Å². The van der Waals surface area contributed by atoms with E-state index in [1.54, 1.807) is 5.56 Å². The Balaban J connectivity index is 2.11. The average Bonchev–Trinajstić information content (AvgIpc) is 2.53. The number of aliphatic hydroxyl groups excluding tert-OH is 1. The molecule has 0 amide bonds. The Morgan fingerprint density at radius 1 is 0.750 bits per heavy atom. The molecule has 100 valence electrons. The molecule has 3 aromatic rings. The van der Waals surface area contributed by atoms with Gasteiger partial charge in [0, 0.05) is 0 Å². The summed E-state index contributed by atoms with van der Waals surface area (Å²) >= 11 is 0. The van der Waals surface area contributed by atoms with Crippen LogP contribution in [0.1, 0.15) is 29.5 Å². The van der Waals surface area contributed by atoms with Gasteiger partial charge in [0.2, 0.25) is 0 Å². The first-order valence-corrected chi connectivity index (χ1v) is 7.44. The van der Waals surface area contributed by atoms with Crippen LogP contribution in [0.5, 0.6) is 0 Å². The van der Waals surface area contributed by atoms with Crippen LogP contribution in [0.15, 0.2) is 42.5 Å². The fourth-order valence-electron chi connectivity index (χ4n) is 3.63. The molecule has 0 fully saturated rings. The van der Waals surface area contributed by atoms with Crippen LogP contribution in [-0.2, 0) is 19.4 Å². The predicted molar refractivity (Wildman–Crippen MR) is 84.0 cm³/mol. The third-order valence-corrected chi connectivity index (χ3v) is 4.65. The second kappa shape index (κ2) is 4.60. The van der Waals surface area contributed by atoms with Crippen molar-refractivity contribution in [1.82, 2.24) is 0 Å². The Hall–Kier alpha value is -1.86. The van der Waals surface area contributed by atoms with Crippen LogP contribution in [0.3, 0.4) is 0 Å². The van der Waals surface area contributed by atoms with Gasteiger partial charge in [0.05, 0.1) is 6.61 Å². The molecule has 1 aliphatic carbocycles. The Bertz CT molecular complexity index is 802. The van der Waals surface area contributed by atoms with Crippen molar-refractivity contribution in [2.45, 2.75) is 32.3 Å². The first-order valence-electron chi connectivity index (χ1n) is 7.44. The van der Waals surface area contributed by atoms with Gasteiger partial charge in [0.25, 0.3) is 0 Å². The van der Waals surface area contributed by atoms with Crippen LogP contribution >= 0.6 is 0 Å². The largest absolute Gasteiger partial charge is 0.392 e. The van der Waals surface area contributed by atoms with Gasteiger partial charge in [-0.2, -0.15) is 0 Å². The lowest BCUT2D eigenvalue weighted by atomic mass is 9.86. The van der Waals surface area contributed by atoms with Crippen molar-refractivity contribution in [2.75, 3.05) is 0 Å². The van der Waals surface area contributed by atoms with Crippen molar-refractivity contribution in [3.8, 4) is 0 Å². The Morgan fingerprint density at radius 3 is 2.40 bits per heavy atom. The molecule has 20 heavy (non-hydrogen) atoms. The number of fused-ring (bicyclic) bond motifs is 5. The van der Waals surface area contributed by atoms with E-state index in [1.165, 1.54) is 52.8 Å². The lowest BCUT2D eigenvalue weighted by Crippen LogP contribution is -2.03. The molecule has 0 atom stereocenters. The van der Waals surface area contributed by atoms with E-state index in [4.69, 9.17) is 0 Å². The monoisotopic (exact) mass is 262 g/mol. The number of hydrogen-bond acceptors (Lipinski definition) is 1. The molecule has 4 rings (SSSR count). The fourth-order valence-corrected chi connectivity index (χ4v) is 3.63. The molecule has 0 aromatic heterocycles.